The third kappa shape index (κ3) is 1.95. The summed E-state index contributed by atoms with van der Waals surface area (Å²) >= 11 is 0. The first-order valence-electron chi connectivity index (χ1n) is 5.21. The van der Waals surface area contributed by atoms with Gasteiger partial charge in [-0.15, -0.1) is 0 Å². The van der Waals surface area contributed by atoms with E-state index in [1.54, 1.807) is 12.1 Å². The largest absolute Gasteiger partial charge is 0.465 e. The molecule has 17 heavy (non-hydrogen) atoms. The van der Waals surface area contributed by atoms with Crippen LogP contribution < -0.4 is 10.1 Å². The molecule has 1 N–H and O–H groups in total. The van der Waals surface area contributed by atoms with Crippen molar-refractivity contribution in [3.05, 3.63) is 29.8 Å². The maximum atomic E-state index is 11.8. The van der Waals surface area contributed by atoms with E-state index in [0.29, 0.717) is 5.75 Å². The molecule has 0 aliphatic carbocycles. The molecule has 0 fully saturated rings. The summed E-state index contributed by atoms with van der Waals surface area (Å²) in [7, 11) is 1.26. The van der Waals surface area contributed by atoms with E-state index in [-0.39, 0.29) is 12.3 Å². The Kier molecular flexibility index (Phi) is 2.75. The summed E-state index contributed by atoms with van der Waals surface area (Å²) in [4.78, 5) is 23.0. The average molecular weight is 235 g/mol. The number of methoxy groups -OCH3 is 1. The summed E-state index contributed by atoms with van der Waals surface area (Å²) in [5, 5.41) is 2.52. The van der Waals surface area contributed by atoms with Gasteiger partial charge in [0.15, 0.2) is 0 Å². The Bertz CT molecular complexity index is 444. The van der Waals surface area contributed by atoms with Crippen LogP contribution in [0.2, 0.25) is 0 Å². The highest BCUT2D eigenvalue weighted by Gasteiger charge is 2.48. The lowest BCUT2D eigenvalue weighted by Gasteiger charge is -2.26. The van der Waals surface area contributed by atoms with E-state index in [1.807, 2.05) is 12.1 Å². The van der Waals surface area contributed by atoms with Gasteiger partial charge in [0.25, 0.3) is 5.72 Å². The first kappa shape index (κ1) is 11.4. The molecule has 0 bridgehead atoms. The number of para-hydroxylation sites is 1. The zero-order chi connectivity index (χ0) is 12.5. The van der Waals surface area contributed by atoms with Gasteiger partial charge in [-0.1, -0.05) is 18.2 Å². The van der Waals surface area contributed by atoms with Crippen LogP contribution in [0.5, 0.6) is 5.75 Å². The van der Waals surface area contributed by atoms with Crippen molar-refractivity contribution >= 4 is 11.9 Å². The molecule has 5 heteroatoms. The van der Waals surface area contributed by atoms with Gasteiger partial charge in [-0.3, -0.25) is 4.79 Å². The normalized spacial score (nSPS) is 21.3. The van der Waals surface area contributed by atoms with Crippen LogP contribution >= 0.6 is 0 Å². The lowest BCUT2D eigenvalue weighted by atomic mass is 10.1. The molecule has 0 saturated carbocycles. The topological polar surface area (TPSA) is 64.6 Å². The van der Waals surface area contributed by atoms with Crippen LogP contribution in [0.25, 0.3) is 0 Å². The van der Waals surface area contributed by atoms with E-state index in [0.717, 1.165) is 5.56 Å². The molecule has 1 heterocycles. The molecule has 90 valence electrons. The maximum absolute atomic E-state index is 11.8. The highest BCUT2D eigenvalue weighted by molar-refractivity contribution is 5.87. The molecule has 1 aromatic rings. The lowest BCUT2D eigenvalue weighted by molar-refractivity contribution is -0.163. The highest BCUT2D eigenvalue weighted by Crippen LogP contribution is 2.34. The van der Waals surface area contributed by atoms with Gasteiger partial charge in [0.1, 0.15) is 5.75 Å². The van der Waals surface area contributed by atoms with Crippen molar-refractivity contribution in [3.8, 4) is 5.75 Å². The second-order valence-corrected chi connectivity index (χ2v) is 3.89. The number of amides is 1. The fourth-order valence-corrected chi connectivity index (χ4v) is 1.93. The number of rotatable bonds is 2. The Labute approximate surface area is 98.7 Å². The molecular weight excluding hydrogens is 222 g/mol. The molecule has 1 amide bonds. The van der Waals surface area contributed by atoms with Crippen molar-refractivity contribution in [1.29, 1.82) is 0 Å². The van der Waals surface area contributed by atoms with E-state index >= 15 is 0 Å². The van der Waals surface area contributed by atoms with Crippen LogP contribution in [0.3, 0.4) is 0 Å². The average Bonchev–Trinajstić information content (AvgIpc) is 2.65. The number of hydrogen-bond acceptors (Lipinski definition) is 4. The van der Waals surface area contributed by atoms with Gasteiger partial charge in [0.2, 0.25) is 5.91 Å². The van der Waals surface area contributed by atoms with Crippen LogP contribution in [0, 0.1) is 0 Å². The van der Waals surface area contributed by atoms with Gasteiger partial charge in [-0.05, 0) is 6.07 Å². The molecular formula is C12H13NO4. The molecule has 1 aromatic carbocycles. The standard InChI is InChI=1S/C12H13NO4/c1-8(14)13-12(11(15)16-2)7-9-5-3-4-6-10(9)17-12/h3-6H,7H2,1-2H3,(H,13,14). The molecule has 1 aliphatic heterocycles. The summed E-state index contributed by atoms with van der Waals surface area (Å²) in [6.45, 7) is 1.33. The van der Waals surface area contributed by atoms with Crippen molar-refractivity contribution in [2.45, 2.75) is 19.1 Å². The third-order valence-electron chi connectivity index (χ3n) is 2.59. The Hall–Kier alpha value is -2.04. The van der Waals surface area contributed by atoms with E-state index in [2.05, 4.69) is 5.32 Å². The Morgan fingerprint density at radius 2 is 2.12 bits per heavy atom. The fraction of sp³-hybridized carbons (Fsp3) is 0.333. The van der Waals surface area contributed by atoms with Gasteiger partial charge in [0, 0.05) is 18.9 Å². The second-order valence-electron chi connectivity index (χ2n) is 3.89. The zero-order valence-electron chi connectivity index (χ0n) is 9.65. The minimum absolute atomic E-state index is 0.273. The van der Waals surface area contributed by atoms with E-state index in [4.69, 9.17) is 9.47 Å². The molecule has 0 aromatic heterocycles. The highest BCUT2D eigenvalue weighted by atomic mass is 16.6. The molecule has 2 rings (SSSR count). The minimum atomic E-state index is -1.43. The fourth-order valence-electron chi connectivity index (χ4n) is 1.93. The SMILES string of the molecule is COC(=O)C1(NC(C)=O)Cc2ccccc2O1. The third-order valence-corrected chi connectivity index (χ3v) is 2.59. The predicted octanol–water partition coefficient (Wildman–Crippen LogP) is 0.627. The molecule has 1 aliphatic rings. The molecule has 5 nitrogen and oxygen atoms in total. The van der Waals surface area contributed by atoms with Crippen molar-refractivity contribution < 1.29 is 19.1 Å². The summed E-state index contributed by atoms with van der Waals surface area (Å²) in [6.07, 6.45) is 0.273. The first-order chi connectivity index (χ1) is 8.07. The van der Waals surface area contributed by atoms with Gasteiger partial charge >= 0.3 is 5.97 Å². The van der Waals surface area contributed by atoms with Gasteiger partial charge in [0.05, 0.1) is 7.11 Å². The lowest BCUT2D eigenvalue weighted by Crippen LogP contribution is -2.58. The maximum Gasteiger partial charge on any atom is 0.372 e. The first-order valence-corrected chi connectivity index (χ1v) is 5.21. The Morgan fingerprint density at radius 3 is 2.71 bits per heavy atom. The van der Waals surface area contributed by atoms with E-state index in [9.17, 15) is 9.59 Å². The van der Waals surface area contributed by atoms with Crippen molar-refractivity contribution in [2.75, 3.05) is 7.11 Å². The number of carbonyl (C=O) groups excluding carboxylic acids is 2. The van der Waals surface area contributed by atoms with Gasteiger partial charge < -0.3 is 14.8 Å². The predicted molar refractivity (Wildman–Crippen MR) is 59.3 cm³/mol. The molecule has 1 atom stereocenters. The van der Waals surface area contributed by atoms with Crippen molar-refractivity contribution in [2.24, 2.45) is 0 Å². The number of carbonyl (C=O) groups is 2. The van der Waals surface area contributed by atoms with Crippen LogP contribution in [-0.4, -0.2) is 24.7 Å². The summed E-state index contributed by atoms with van der Waals surface area (Å²) < 4.78 is 10.2. The second kappa shape index (κ2) is 4.08. The van der Waals surface area contributed by atoms with E-state index in [1.165, 1.54) is 14.0 Å². The summed E-state index contributed by atoms with van der Waals surface area (Å²) in [6, 6.07) is 7.26. The number of ether oxygens (including phenoxy) is 2. The van der Waals surface area contributed by atoms with E-state index < -0.39 is 11.7 Å². The molecule has 0 saturated heterocycles. The van der Waals surface area contributed by atoms with Crippen LogP contribution in [0.4, 0.5) is 0 Å². The van der Waals surface area contributed by atoms with Gasteiger partial charge in [-0.25, -0.2) is 4.79 Å². The number of nitrogens with one attached hydrogen (secondary N) is 1. The molecule has 0 spiro atoms. The molecule has 0 radical (unpaired) electrons. The summed E-state index contributed by atoms with van der Waals surface area (Å²) in [5.74, 6) is -0.362. The Balaban J connectivity index is 2.34. The Morgan fingerprint density at radius 1 is 1.41 bits per heavy atom. The quantitative estimate of drug-likeness (QED) is 0.763. The van der Waals surface area contributed by atoms with Crippen LogP contribution in [0.15, 0.2) is 24.3 Å². The smallest absolute Gasteiger partial charge is 0.372 e. The number of fused-ring (bicyclic) bond motifs is 1. The molecule has 1 unspecified atom stereocenters. The monoisotopic (exact) mass is 235 g/mol. The minimum Gasteiger partial charge on any atom is -0.465 e. The summed E-state index contributed by atoms with van der Waals surface area (Å²) in [5.41, 5.74) is -0.559. The van der Waals surface area contributed by atoms with Crippen molar-refractivity contribution in [3.63, 3.8) is 0 Å². The van der Waals surface area contributed by atoms with Gasteiger partial charge in [-0.2, -0.15) is 0 Å². The number of benzene rings is 1. The number of hydrogen-bond donors (Lipinski definition) is 1. The van der Waals surface area contributed by atoms with Crippen LogP contribution in [0.1, 0.15) is 12.5 Å². The number of esters is 1. The van der Waals surface area contributed by atoms with Crippen LogP contribution in [-0.2, 0) is 20.7 Å². The zero-order valence-corrected chi connectivity index (χ0v) is 9.65. The van der Waals surface area contributed by atoms with Crippen molar-refractivity contribution in [1.82, 2.24) is 5.32 Å².